The first kappa shape index (κ1) is 16.8. The maximum absolute atomic E-state index is 12.0. The molecule has 1 unspecified atom stereocenters. The highest BCUT2D eigenvalue weighted by molar-refractivity contribution is 5.80. The Balaban J connectivity index is 1.63. The summed E-state index contributed by atoms with van der Waals surface area (Å²) in [5.41, 5.74) is 1.13. The molecule has 0 aliphatic carbocycles. The van der Waals surface area contributed by atoms with Crippen molar-refractivity contribution >= 4 is 5.91 Å². The number of ether oxygens (including phenoxy) is 1. The van der Waals surface area contributed by atoms with Crippen molar-refractivity contribution in [3.63, 3.8) is 0 Å². The number of nitrogens with zero attached hydrogens (tertiary/aromatic N) is 1. The smallest absolute Gasteiger partial charge is 0.260 e. The molecule has 0 bridgehead atoms. The number of piperidine rings is 1. The molecular weight excluding hydrogens is 276 g/mol. The average molecular weight is 304 g/mol. The highest BCUT2D eigenvalue weighted by atomic mass is 16.5. The van der Waals surface area contributed by atoms with Crippen molar-refractivity contribution in [2.75, 3.05) is 26.2 Å². The predicted molar refractivity (Wildman–Crippen MR) is 89.2 cm³/mol. The Labute approximate surface area is 133 Å². The number of hydrogen-bond donors (Lipinski definition) is 1. The van der Waals surface area contributed by atoms with Crippen LogP contribution in [0.15, 0.2) is 24.3 Å². The third kappa shape index (κ3) is 5.68. The molecule has 1 aliphatic heterocycles. The number of amides is 1. The van der Waals surface area contributed by atoms with Crippen molar-refractivity contribution in [2.24, 2.45) is 0 Å². The van der Waals surface area contributed by atoms with Gasteiger partial charge in [0.25, 0.3) is 5.91 Å². The van der Waals surface area contributed by atoms with E-state index in [1.165, 1.54) is 32.4 Å². The van der Waals surface area contributed by atoms with E-state index in [4.69, 9.17) is 4.74 Å². The Kier molecular flexibility index (Phi) is 6.72. The monoisotopic (exact) mass is 304 g/mol. The van der Waals surface area contributed by atoms with Gasteiger partial charge in [-0.2, -0.15) is 0 Å². The highest BCUT2D eigenvalue weighted by Gasteiger charge is 2.14. The molecule has 0 spiro atoms. The minimum absolute atomic E-state index is 0.0415. The van der Waals surface area contributed by atoms with Crippen molar-refractivity contribution < 1.29 is 9.53 Å². The van der Waals surface area contributed by atoms with Gasteiger partial charge in [0, 0.05) is 6.54 Å². The van der Waals surface area contributed by atoms with Gasteiger partial charge < -0.3 is 15.0 Å². The van der Waals surface area contributed by atoms with Gasteiger partial charge in [0.15, 0.2) is 6.10 Å². The summed E-state index contributed by atoms with van der Waals surface area (Å²) in [5.74, 6) is 0.705. The van der Waals surface area contributed by atoms with Crippen LogP contribution in [-0.4, -0.2) is 43.1 Å². The molecule has 0 saturated carbocycles. The minimum Gasteiger partial charge on any atom is -0.481 e. The van der Waals surface area contributed by atoms with E-state index >= 15 is 0 Å². The van der Waals surface area contributed by atoms with Gasteiger partial charge in [-0.05, 0) is 70.4 Å². The summed E-state index contributed by atoms with van der Waals surface area (Å²) in [4.78, 5) is 14.5. The molecule has 1 amide bonds. The van der Waals surface area contributed by atoms with Crippen molar-refractivity contribution in [2.45, 2.75) is 45.6 Å². The minimum atomic E-state index is -0.461. The molecule has 0 aromatic heterocycles. The second-order valence-electron chi connectivity index (χ2n) is 6.12. The average Bonchev–Trinajstić information content (AvgIpc) is 2.52. The van der Waals surface area contributed by atoms with E-state index in [1.54, 1.807) is 6.92 Å². The SMILES string of the molecule is Cc1cccc(OC(C)C(=O)NCCCN2CCCCC2)c1. The summed E-state index contributed by atoms with van der Waals surface area (Å²) in [6, 6.07) is 7.78. The molecule has 0 radical (unpaired) electrons. The van der Waals surface area contributed by atoms with Crippen molar-refractivity contribution in [3.05, 3.63) is 29.8 Å². The number of benzene rings is 1. The second kappa shape index (κ2) is 8.79. The Morgan fingerprint density at radius 2 is 2.09 bits per heavy atom. The van der Waals surface area contributed by atoms with E-state index in [9.17, 15) is 4.79 Å². The number of nitrogens with one attached hydrogen (secondary N) is 1. The van der Waals surface area contributed by atoms with Gasteiger partial charge in [-0.15, -0.1) is 0 Å². The number of carbonyl (C=O) groups excluding carboxylic acids is 1. The van der Waals surface area contributed by atoms with Gasteiger partial charge in [0.1, 0.15) is 5.75 Å². The molecule has 1 fully saturated rings. The van der Waals surface area contributed by atoms with Gasteiger partial charge in [-0.25, -0.2) is 0 Å². The second-order valence-corrected chi connectivity index (χ2v) is 6.12. The number of likely N-dealkylation sites (tertiary alicyclic amines) is 1. The first-order valence-electron chi connectivity index (χ1n) is 8.38. The molecule has 1 aromatic rings. The lowest BCUT2D eigenvalue weighted by Crippen LogP contribution is -2.38. The number of aryl methyl sites for hydroxylation is 1. The van der Waals surface area contributed by atoms with E-state index in [-0.39, 0.29) is 5.91 Å². The van der Waals surface area contributed by atoms with E-state index in [0.29, 0.717) is 0 Å². The maximum Gasteiger partial charge on any atom is 0.260 e. The number of rotatable bonds is 7. The summed E-state index contributed by atoms with van der Waals surface area (Å²) in [7, 11) is 0. The number of carbonyl (C=O) groups is 1. The van der Waals surface area contributed by atoms with Crippen LogP contribution in [0.3, 0.4) is 0 Å². The van der Waals surface area contributed by atoms with E-state index in [0.717, 1.165) is 30.8 Å². The van der Waals surface area contributed by atoms with Crippen LogP contribution in [0.2, 0.25) is 0 Å². The summed E-state index contributed by atoms with van der Waals surface area (Å²) in [6.45, 7) is 8.02. The van der Waals surface area contributed by atoms with Crippen LogP contribution >= 0.6 is 0 Å². The summed E-state index contributed by atoms with van der Waals surface area (Å²) in [6.07, 6.45) is 4.53. The molecule has 122 valence electrons. The standard InChI is InChI=1S/C18H28N2O2/c1-15-8-6-9-17(14-15)22-16(2)18(21)19-10-7-13-20-11-4-3-5-12-20/h6,8-9,14,16H,3-5,7,10-13H2,1-2H3,(H,19,21). The molecule has 22 heavy (non-hydrogen) atoms. The van der Waals surface area contributed by atoms with Gasteiger partial charge in [-0.1, -0.05) is 18.6 Å². The lowest BCUT2D eigenvalue weighted by molar-refractivity contribution is -0.127. The lowest BCUT2D eigenvalue weighted by Gasteiger charge is -2.26. The van der Waals surface area contributed by atoms with Crippen LogP contribution in [0, 0.1) is 6.92 Å². The Morgan fingerprint density at radius 3 is 2.82 bits per heavy atom. The Hall–Kier alpha value is -1.55. The molecule has 1 heterocycles. The fourth-order valence-electron chi connectivity index (χ4n) is 2.79. The molecule has 1 N–H and O–H groups in total. The molecule has 4 nitrogen and oxygen atoms in total. The lowest BCUT2D eigenvalue weighted by atomic mass is 10.1. The summed E-state index contributed by atoms with van der Waals surface area (Å²) in [5, 5.41) is 2.97. The zero-order chi connectivity index (χ0) is 15.8. The zero-order valence-electron chi connectivity index (χ0n) is 13.8. The normalized spacial score (nSPS) is 17.0. The Morgan fingerprint density at radius 1 is 1.32 bits per heavy atom. The maximum atomic E-state index is 12.0. The van der Waals surface area contributed by atoms with E-state index < -0.39 is 6.10 Å². The fraction of sp³-hybridized carbons (Fsp3) is 0.611. The highest BCUT2D eigenvalue weighted by Crippen LogP contribution is 2.14. The molecule has 2 rings (SSSR count). The predicted octanol–water partition coefficient (Wildman–Crippen LogP) is 2.75. The Bertz CT molecular complexity index is 470. The van der Waals surface area contributed by atoms with E-state index in [1.807, 2.05) is 31.2 Å². The van der Waals surface area contributed by atoms with Crippen molar-refractivity contribution in [3.8, 4) is 5.75 Å². The fourth-order valence-corrected chi connectivity index (χ4v) is 2.79. The number of hydrogen-bond acceptors (Lipinski definition) is 3. The third-order valence-corrected chi connectivity index (χ3v) is 4.07. The first-order chi connectivity index (χ1) is 10.6. The molecular formula is C18H28N2O2. The van der Waals surface area contributed by atoms with Crippen LogP contribution in [0.5, 0.6) is 5.75 Å². The van der Waals surface area contributed by atoms with Gasteiger partial charge in [0.05, 0.1) is 0 Å². The molecule has 4 heteroatoms. The van der Waals surface area contributed by atoms with Crippen LogP contribution < -0.4 is 10.1 Å². The van der Waals surface area contributed by atoms with Crippen LogP contribution in [0.4, 0.5) is 0 Å². The van der Waals surface area contributed by atoms with E-state index in [2.05, 4.69) is 10.2 Å². The van der Waals surface area contributed by atoms with Crippen molar-refractivity contribution in [1.29, 1.82) is 0 Å². The molecule has 1 aromatic carbocycles. The van der Waals surface area contributed by atoms with Crippen LogP contribution in [0.1, 0.15) is 38.2 Å². The van der Waals surface area contributed by atoms with Crippen LogP contribution in [0.25, 0.3) is 0 Å². The largest absolute Gasteiger partial charge is 0.481 e. The topological polar surface area (TPSA) is 41.6 Å². The zero-order valence-corrected chi connectivity index (χ0v) is 13.8. The van der Waals surface area contributed by atoms with Crippen molar-refractivity contribution in [1.82, 2.24) is 10.2 Å². The molecule has 1 aliphatic rings. The van der Waals surface area contributed by atoms with Gasteiger partial charge in [-0.3, -0.25) is 4.79 Å². The van der Waals surface area contributed by atoms with Crippen LogP contribution in [-0.2, 0) is 4.79 Å². The summed E-state index contributed by atoms with van der Waals surface area (Å²) < 4.78 is 5.68. The third-order valence-electron chi connectivity index (χ3n) is 4.07. The quantitative estimate of drug-likeness (QED) is 0.788. The molecule has 1 atom stereocenters. The van der Waals surface area contributed by atoms with Gasteiger partial charge >= 0.3 is 0 Å². The first-order valence-corrected chi connectivity index (χ1v) is 8.38. The molecule has 1 saturated heterocycles. The summed E-state index contributed by atoms with van der Waals surface area (Å²) >= 11 is 0. The van der Waals surface area contributed by atoms with Gasteiger partial charge in [0.2, 0.25) is 0 Å².